The average molecular weight is 305 g/mol. The van der Waals surface area contributed by atoms with Gasteiger partial charge >= 0.3 is 0 Å². The maximum atomic E-state index is 12.2. The molecule has 0 atom stereocenters. The van der Waals surface area contributed by atoms with Crippen LogP contribution in [-0.4, -0.2) is 20.9 Å². The number of aromatic nitrogens is 3. The molecule has 0 aliphatic rings. The van der Waals surface area contributed by atoms with E-state index >= 15 is 0 Å². The third kappa shape index (κ3) is 2.61. The zero-order chi connectivity index (χ0) is 13.9. The van der Waals surface area contributed by atoms with Crippen molar-refractivity contribution >= 4 is 39.1 Å². The first-order valence-electron chi connectivity index (χ1n) is 5.82. The predicted molar refractivity (Wildman–Crippen MR) is 77.8 cm³/mol. The van der Waals surface area contributed by atoms with E-state index < -0.39 is 0 Å². The highest BCUT2D eigenvalue weighted by molar-refractivity contribution is 7.17. The van der Waals surface area contributed by atoms with E-state index in [9.17, 15) is 4.79 Å². The van der Waals surface area contributed by atoms with Crippen LogP contribution < -0.4 is 5.32 Å². The van der Waals surface area contributed by atoms with E-state index in [1.165, 1.54) is 11.3 Å². The summed E-state index contributed by atoms with van der Waals surface area (Å²) < 4.78 is 0.734. The molecule has 7 heteroatoms. The molecular formula is C13H9ClN4OS. The number of rotatable bonds is 3. The lowest BCUT2D eigenvalue weighted by Crippen LogP contribution is -2.24. The Balaban J connectivity index is 1.84. The van der Waals surface area contributed by atoms with Crippen molar-refractivity contribution in [2.75, 3.05) is 0 Å². The van der Waals surface area contributed by atoms with Gasteiger partial charge in [0, 0.05) is 18.9 Å². The second-order valence-corrected chi connectivity index (χ2v) is 5.27. The van der Waals surface area contributed by atoms with E-state index in [0.29, 0.717) is 17.8 Å². The summed E-state index contributed by atoms with van der Waals surface area (Å²) >= 11 is 7.25. The Morgan fingerprint density at radius 2 is 2.25 bits per heavy atom. The molecule has 0 saturated heterocycles. The molecule has 3 aromatic rings. The lowest BCUT2D eigenvalue weighted by atomic mass is 10.2. The van der Waals surface area contributed by atoms with Crippen LogP contribution in [0.15, 0.2) is 36.0 Å². The fourth-order valence-corrected chi connectivity index (χ4v) is 2.75. The van der Waals surface area contributed by atoms with Crippen LogP contribution >= 0.6 is 22.9 Å². The first kappa shape index (κ1) is 13.0. The molecule has 0 spiro atoms. The Morgan fingerprint density at radius 3 is 3.05 bits per heavy atom. The van der Waals surface area contributed by atoms with E-state index in [2.05, 4.69) is 20.3 Å². The SMILES string of the molecule is O=C(NCc1cccnc1)c1nc(Cl)nc2ccsc12. The summed E-state index contributed by atoms with van der Waals surface area (Å²) in [6.07, 6.45) is 3.39. The number of hydrogen-bond acceptors (Lipinski definition) is 5. The molecule has 0 aliphatic heterocycles. The van der Waals surface area contributed by atoms with Crippen LogP contribution in [0.2, 0.25) is 5.28 Å². The summed E-state index contributed by atoms with van der Waals surface area (Å²) in [4.78, 5) is 24.3. The number of hydrogen-bond donors (Lipinski definition) is 1. The van der Waals surface area contributed by atoms with E-state index in [0.717, 1.165) is 10.3 Å². The normalized spacial score (nSPS) is 10.7. The second-order valence-electron chi connectivity index (χ2n) is 4.02. The molecule has 0 aliphatic carbocycles. The number of amides is 1. The van der Waals surface area contributed by atoms with Gasteiger partial charge in [0.25, 0.3) is 5.91 Å². The summed E-state index contributed by atoms with van der Waals surface area (Å²) in [5.41, 5.74) is 1.91. The van der Waals surface area contributed by atoms with Gasteiger partial charge in [0.2, 0.25) is 5.28 Å². The topological polar surface area (TPSA) is 67.8 Å². The highest BCUT2D eigenvalue weighted by Gasteiger charge is 2.15. The molecule has 0 aromatic carbocycles. The van der Waals surface area contributed by atoms with E-state index in [1.807, 2.05) is 23.6 Å². The molecule has 5 nitrogen and oxygen atoms in total. The predicted octanol–water partition coefficient (Wildman–Crippen LogP) is 2.67. The number of fused-ring (bicyclic) bond motifs is 1. The minimum absolute atomic E-state index is 0.0717. The first-order chi connectivity index (χ1) is 9.74. The van der Waals surface area contributed by atoms with Gasteiger partial charge in [0.15, 0.2) is 5.69 Å². The lowest BCUT2D eigenvalue weighted by molar-refractivity contribution is 0.0948. The molecule has 0 saturated carbocycles. The van der Waals surface area contributed by atoms with Crippen LogP contribution in [0.25, 0.3) is 10.2 Å². The number of carbonyl (C=O) groups excluding carboxylic acids is 1. The summed E-state index contributed by atoms with van der Waals surface area (Å²) in [5, 5.41) is 4.73. The molecule has 3 rings (SSSR count). The van der Waals surface area contributed by atoms with Gasteiger partial charge in [-0.15, -0.1) is 11.3 Å². The summed E-state index contributed by atoms with van der Waals surface area (Å²) in [6.45, 7) is 0.390. The van der Waals surface area contributed by atoms with Gasteiger partial charge < -0.3 is 5.32 Å². The van der Waals surface area contributed by atoms with Crippen LogP contribution in [0, 0.1) is 0 Å². The zero-order valence-electron chi connectivity index (χ0n) is 10.2. The smallest absolute Gasteiger partial charge is 0.271 e. The van der Waals surface area contributed by atoms with E-state index in [4.69, 9.17) is 11.6 Å². The number of nitrogens with zero attached hydrogens (tertiary/aromatic N) is 3. The van der Waals surface area contributed by atoms with Crippen molar-refractivity contribution in [3.63, 3.8) is 0 Å². The molecule has 3 aromatic heterocycles. The largest absolute Gasteiger partial charge is 0.347 e. The maximum Gasteiger partial charge on any atom is 0.271 e. The van der Waals surface area contributed by atoms with Crippen LogP contribution in [0.4, 0.5) is 0 Å². The number of carbonyl (C=O) groups is 1. The van der Waals surface area contributed by atoms with Gasteiger partial charge in [-0.2, -0.15) is 0 Å². The Morgan fingerprint density at radius 1 is 1.35 bits per heavy atom. The molecule has 1 amide bonds. The lowest BCUT2D eigenvalue weighted by Gasteiger charge is -2.05. The molecule has 0 bridgehead atoms. The molecule has 20 heavy (non-hydrogen) atoms. The Bertz CT molecular complexity index is 759. The Kier molecular flexibility index (Phi) is 3.58. The summed E-state index contributed by atoms with van der Waals surface area (Å²) in [5.74, 6) is -0.273. The summed E-state index contributed by atoms with van der Waals surface area (Å²) in [6, 6.07) is 5.52. The molecule has 0 radical (unpaired) electrons. The Hall–Kier alpha value is -2.05. The monoisotopic (exact) mass is 304 g/mol. The Labute approximate surface area is 123 Å². The number of halogens is 1. The molecule has 0 fully saturated rings. The van der Waals surface area contributed by atoms with Crippen molar-refractivity contribution in [2.45, 2.75) is 6.54 Å². The van der Waals surface area contributed by atoms with Gasteiger partial charge in [0.1, 0.15) is 0 Å². The van der Waals surface area contributed by atoms with Crippen LogP contribution in [0.5, 0.6) is 0 Å². The fraction of sp³-hybridized carbons (Fsp3) is 0.0769. The minimum Gasteiger partial charge on any atom is -0.347 e. The van der Waals surface area contributed by atoms with Crippen LogP contribution in [0.3, 0.4) is 0 Å². The minimum atomic E-state index is -0.273. The van der Waals surface area contributed by atoms with Crippen LogP contribution in [0.1, 0.15) is 16.1 Å². The van der Waals surface area contributed by atoms with Crippen molar-refractivity contribution in [3.05, 3.63) is 52.5 Å². The number of nitrogens with one attached hydrogen (secondary N) is 1. The van der Waals surface area contributed by atoms with Crippen LogP contribution in [-0.2, 0) is 6.54 Å². The zero-order valence-corrected chi connectivity index (χ0v) is 11.8. The van der Waals surface area contributed by atoms with Crippen molar-refractivity contribution in [1.82, 2.24) is 20.3 Å². The highest BCUT2D eigenvalue weighted by atomic mass is 35.5. The average Bonchev–Trinajstić information content (AvgIpc) is 2.93. The van der Waals surface area contributed by atoms with Crippen molar-refractivity contribution in [2.24, 2.45) is 0 Å². The van der Waals surface area contributed by atoms with Gasteiger partial charge in [-0.05, 0) is 34.7 Å². The maximum absolute atomic E-state index is 12.2. The third-order valence-corrected chi connectivity index (χ3v) is 3.75. The van der Waals surface area contributed by atoms with E-state index in [-0.39, 0.29) is 11.2 Å². The molecule has 3 heterocycles. The summed E-state index contributed by atoms with van der Waals surface area (Å²) in [7, 11) is 0. The molecule has 0 unspecified atom stereocenters. The standard InChI is InChI=1S/C13H9ClN4OS/c14-13-17-9-3-5-20-11(9)10(18-13)12(19)16-7-8-2-1-4-15-6-8/h1-6H,7H2,(H,16,19). The van der Waals surface area contributed by atoms with Crippen molar-refractivity contribution < 1.29 is 4.79 Å². The molecule has 1 N–H and O–H groups in total. The number of thiophene rings is 1. The third-order valence-electron chi connectivity index (χ3n) is 2.67. The van der Waals surface area contributed by atoms with Gasteiger partial charge in [-0.25, -0.2) is 9.97 Å². The second kappa shape index (κ2) is 5.52. The molecular weight excluding hydrogens is 296 g/mol. The fourth-order valence-electron chi connectivity index (χ4n) is 1.76. The van der Waals surface area contributed by atoms with Gasteiger partial charge in [-0.3, -0.25) is 9.78 Å². The van der Waals surface area contributed by atoms with Gasteiger partial charge in [0.05, 0.1) is 10.2 Å². The quantitative estimate of drug-likeness (QED) is 0.755. The van der Waals surface area contributed by atoms with Crippen molar-refractivity contribution in [1.29, 1.82) is 0 Å². The first-order valence-corrected chi connectivity index (χ1v) is 7.07. The van der Waals surface area contributed by atoms with Gasteiger partial charge in [-0.1, -0.05) is 6.07 Å². The number of pyridine rings is 1. The molecule has 100 valence electrons. The highest BCUT2D eigenvalue weighted by Crippen LogP contribution is 2.23. The van der Waals surface area contributed by atoms with E-state index in [1.54, 1.807) is 12.4 Å². The van der Waals surface area contributed by atoms with Crippen molar-refractivity contribution in [3.8, 4) is 0 Å².